The van der Waals surface area contributed by atoms with E-state index < -0.39 is 158 Å². The summed E-state index contributed by atoms with van der Waals surface area (Å²) in [5, 5.41) is 55.7. The lowest BCUT2D eigenvalue weighted by molar-refractivity contribution is -0.143. The van der Waals surface area contributed by atoms with Crippen molar-refractivity contribution in [3.63, 3.8) is 0 Å². The number of benzene rings is 1. The third kappa shape index (κ3) is 21.8. The summed E-state index contributed by atoms with van der Waals surface area (Å²) in [5.41, 5.74) is 11.6. The predicted octanol–water partition coefficient (Wildman–Crippen LogP) is -2.87. The molecule has 0 aliphatic carbocycles. The zero-order chi connectivity index (χ0) is 50.4. The molecule has 1 aromatic carbocycles. The lowest BCUT2D eigenvalue weighted by Crippen LogP contribution is -2.58. The largest absolute Gasteiger partial charge is 0.481 e. The summed E-state index contributed by atoms with van der Waals surface area (Å²) in [6, 6.07) is -2.60. The fourth-order valence-corrected chi connectivity index (χ4v) is 6.23. The second-order valence-electron chi connectivity index (χ2n) is 16.6. The van der Waals surface area contributed by atoms with Gasteiger partial charge in [-0.2, -0.15) is 0 Å². The molecular formula is C42H65N9O15. The lowest BCUT2D eigenvalue weighted by Gasteiger charge is -2.29. The van der Waals surface area contributed by atoms with Crippen LogP contribution in [0.1, 0.15) is 92.1 Å². The fraction of sp³-hybridized carbons (Fsp3) is 0.595. The Hall–Kier alpha value is -6.69. The Labute approximate surface area is 381 Å². The number of carboxylic acid groups (broad SMARTS) is 3. The van der Waals surface area contributed by atoms with Crippen molar-refractivity contribution in [3.8, 4) is 0 Å². The topological polar surface area (TPSA) is 405 Å². The number of carbonyl (C=O) groups excluding carboxylic acids is 8. The summed E-state index contributed by atoms with van der Waals surface area (Å²) in [6.07, 6.45) is -4.66. The number of carbonyl (C=O) groups is 11. The lowest BCUT2D eigenvalue weighted by atomic mass is 9.96. The molecule has 0 saturated heterocycles. The standard InChI is InChI=1S/C42H65N9O15/c1-20(2)16-27(48-40(63)28(18-31(44)53)49-37(60)22(5)45-38(61)25(43)12-14-33(55)56)30(52)19-32(54)51-35(21(3)4)41(64)46-23(6)36(59)47-26(13-15-34(57)58)39(62)50-29(42(65)66)17-24-10-8-7-9-11-24/h7-11,20-23,25-30,35,52H,12-19,43H2,1-6H3,(H2,44,53)(H,45,61)(H,46,64)(H,47,59)(H,48,63)(H,49,60)(H,50,62)(H,51,54)(H,55,56)(H,57,58)(H,65,66)/t22-,23-,25-,26-,27-,28-,29-,30?,35-/m0/s1. The Morgan fingerprint density at radius 3 is 1.58 bits per heavy atom. The second-order valence-corrected chi connectivity index (χ2v) is 16.6. The van der Waals surface area contributed by atoms with E-state index in [1.807, 2.05) is 0 Å². The number of carboxylic acids is 3. The maximum atomic E-state index is 13.5. The Morgan fingerprint density at radius 2 is 1.08 bits per heavy atom. The van der Waals surface area contributed by atoms with Crippen LogP contribution in [0.4, 0.5) is 0 Å². The van der Waals surface area contributed by atoms with E-state index in [2.05, 4.69) is 37.2 Å². The summed E-state index contributed by atoms with van der Waals surface area (Å²) >= 11 is 0. The highest BCUT2D eigenvalue weighted by Crippen LogP contribution is 2.14. The van der Waals surface area contributed by atoms with Crippen LogP contribution in [0.25, 0.3) is 0 Å². The van der Waals surface area contributed by atoms with Crippen molar-refractivity contribution >= 4 is 65.2 Å². The van der Waals surface area contributed by atoms with Gasteiger partial charge in [0.2, 0.25) is 47.3 Å². The molecule has 0 saturated carbocycles. The van der Waals surface area contributed by atoms with Gasteiger partial charge in [-0.15, -0.1) is 0 Å². The molecule has 8 amide bonds. The number of nitrogens with two attached hydrogens (primary N) is 2. The van der Waals surface area contributed by atoms with Crippen molar-refractivity contribution in [1.29, 1.82) is 0 Å². The minimum Gasteiger partial charge on any atom is -0.481 e. The monoisotopic (exact) mass is 935 g/mol. The maximum absolute atomic E-state index is 13.5. The van der Waals surface area contributed by atoms with E-state index in [1.54, 1.807) is 58.0 Å². The molecule has 66 heavy (non-hydrogen) atoms. The van der Waals surface area contributed by atoms with Crippen molar-refractivity contribution in [1.82, 2.24) is 37.2 Å². The molecule has 0 radical (unpaired) electrons. The number of hydrogen-bond acceptors (Lipinski definition) is 13. The van der Waals surface area contributed by atoms with E-state index in [4.69, 9.17) is 16.6 Å². The molecular weight excluding hydrogens is 871 g/mol. The van der Waals surface area contributed by atoms with Gasteiger partial charge in [0.1, 0.15) is 36.3 Å². The Kier molecular flexibility index (Phi) is 24.6. The number of rotatable bonds is 30. The van der Waals surface area contributed by atoms with Crippen molar-refractivity contribution in [2.24, 2.45) is 23.3 Å². The van der Waals surface area contributed by atoms with Gasteiger partial charge in [0.05, 0.1) is 31.0 Å². The molecule has 1 rings (SSSR count). The Bertz CT molecular complexity index is 1880. The zero-order valence-corrected chi connectivity index (χ0v) is 37.8. The molecule has 0 bridgehead atoms. The minimum absolute atomic E-state index is 0.0777. The Balaban J connectivity index is 3.06. The molecule has 0 heterocycles. The second kappa shape index (κ2) is 28.3. The number of primary amides is 1. The number of hydrogen-bond donors (Lipinski definition) is 13. The summed E-state index contributed by atoms with van der Waals surface area (Å²) in [5.74, 6) is -12.1. The van der Waals surface area contributed by atoms with Crippen molar-refractivity contribution < 1.29 is 73.2 Å². The first-order valence-electron chi connectivity index (χ1n) is 21.3. The van der Waals surface area contributed by atoms with Gasteiger partial charge in [0.25, 0.3) is 0 Å². The molecule has 15 N–H and O–H groups in total. The first kappa shape index (κ1) is 57.3. The number of aliphatic hydroxyl groups is 1. The van der Waals surface area contributed by atoms with E-state index in [-0.39, 0.29) is 25.2 Å². The van der Waals surface area contributed by atoms with Crippen molar-refractivity contribution in [2.45, 2.75) is 147 Å². The first-order chi connectivity index (χ1) is 30.7. The Morgan fingerprint density at radius 1 is 0.576 bits per heavy atom. The first-order valence-corrected chi connectivity index (χ1v) is 21.3. The molecule has 1 unspecified atom stereocenters. The summed E-state index contributed by atoms with van der Waals surface area (Å²) < 4.78 is 0. The van der Waals surface area contributed by atoms with Crippen LogP contribution in [0.15, 0.2) is 30.3 Å². The highest BCUT2D eigenvalue weighted by molar-refractivity contribution is 5.96. The average molecular weight is 936 g/mol. The van der Waals surface area contributed by atoms with E-state index in [1.165, 1.54) is 13.8 Å². The normalized spacial score (nSPS) is 15.2. The number of aliphatic carboxylic acids is 3. The van der Waals surface area contributed by atoms with Gasteiger partial charge >= 0.3 is 17.9 Å². The van der Waals surface area contributed by atoms with Crippen LogP contribution in [-0.2, 0) is 59.2 Å². The van der Waals surface area contributed by atoms with E-state index in [9.17, 15) is 68.1 Å². The number of aliphatic hydroxyl groups excluding tert-OH is 1. The summed E-state index contributed by atoms with van der Waals surface area (Å²) in [6.45, 7) is 9.13. The van der Waals surface area contributed by atoms with Crippen molar-refractivity contribution in [2.75, 3.05) is 0 Å². The van der Waals surface area contributed by atoms with Crippen LogP contribution in [0.2, 0.25) is 0 Å². The minimum atomic E-state index is -1.61. The molecule has 0 aliphatic heterocycles. The number of amides is 8. The molecule has 368 valence electrons. The van der Waals surface area contributed by atoms with Gasteiger partial charge < -0.3 is 69.1 Å². The van der Waals surface area contributed by atoms with E-state index in [0.717, 1.165) is 0 Å². The molecule has 9 atom stereocenters. The molecule has 24 nitrogen and oxygen atoms in total. The van der Waals surface area contributed by atoms with Crippen LogP contribution in [-0.4, -0.2) is 140 Å². The van der Waals surface area contributed by atoms with E-state index in [0.29, 0.717) is 5.56 Å². The maximum Gasteiger partial charge on any atom is 0.326 e. The average Bonchev–Trinajstić information content (AvgIpc) is 3.21. The molecule has 0 fully saturated rings. The summed E-state index contributed by atoms with van der Waals surface area (Å²) in [4.78, 5) is 138. The van der Waals surface area contributed by atoms with Gasteiger partial charge in [0.15, 0.2) is 0 Å². The highest BCUT2D eigenvalue weighted by atomic mass is 16.4. The SMILES string of the molecule is CC(C)C[C@H](NC(=O)[C@H](CC(N)=O)NC(=O)[C@H](C)NC(=O)[C@@H](N)CCC(=O)O)C(O)CC(=O)N[C@H](C(=O)N[C@@H](C)C(=O)N[C@@H](CCC(=O)O)C(=O)N[C@@H](Cc1ccccc1)C(=O)O)C(C)C. The van der Waals surface area contributed by atoms with Crippen LogP contribution in [0.3, 0.4) is 0 Å². The van der Waals surface area contributed by atoms with Gasteiger partial charge in [-0.3, -0.25) is 47.9 Å². The van der Waals surface area contributed by atoms with Crippen LogP contribution in [0.5, 0.6) is 0 Å². The van der Waals surface area contributed by atoms with Gasteiger partial charge in [-0.1, -0.05) is 58.0 Å². The van der Waals surface area contributed by atoms with Gasteiger partial charge in [-0.25, -0.2) is 4.79 Å². The molecule has 1 aromatic rings. The highest BCUT2D eigenvalue weighted by Gasteiger charge is 2.34. The molecule has 0 aromatic heterocycles. The third-order valence-electron chi connectivity index (χ3n) is 9.90. The van der Waals surface area contributed by atoms with E-state index >= 15 is 0 Å². The molecule has 0 aliphatic rings. The van der Waals surface area contributed by atoms with Gasteiger partial charge in [0, 0.05) is 19.3 Å². The quantitative estimate of drug-likeness (QED) is 0.0369. The predicted molar refractivity (Wildman–Crippen MR) is 233 cm³/mol. The smallest absolute Gasteiger partial charge is 0.326 e. The molecule has 0 spiro atoms. The number of nitrogens with one attached hydrogen (secondary N) is 7. The fourth-order valence-electron chi connectivity index (χ4n) is 6.23. The summed E-state index contributed by atoms with van der Waals surface area (Å²) in [7, 11) is 0. The zero-order valence-electron chi connectivity index (χ0n) is 37.8. The third-order valence-corrected chi connectivity index (χ3v) is 9.90. The van der Waals surface area contributed by atoms with Gasteiger partial charge in [-0.05, 0) is 50.5 Å². The van der Waals surface area contributed by atoms with Crippen LogP contribution < -0.4 is 48.7 Å². The van der Waals surface area contributed by atoms with Crippen LogP contribution >= 0.6 is 0 Å². The molecule has 24 heteroatoms. The van der Waals surface area contributed by atoms with Crippen LogP contribution in [0, 0.1) is 11.8 Å². The van der Waals surface area contributed by atoms with Crippen molar-refractivity contribution in [3.05, 3.63) is 35.9 Å².